The van der Waals surface area contributed by atoms with Crippen LogP contribution in [-0.4, -0.2) is 60.1 Å². The summed E-state index contributed by atoms with van der Waals surface area (Å²) in [7, 11) is -3.38. The van der Waals surface area contributed by atoms with Crippen molar-refractivity contribution in [3.63, 3.8) is 0 Å². The SMILES string of the molecule is Cl.O=S(=O)(c1ccccc1)N1CCCN(CCn2cccn2)CC1. The number of rotatable bonds is 5. The molecule has 1 aromatic heterocycles. The van der Waals surface area contributed by atoms with E-state index in [-0.39, 0.29) is 12.4 Å². The maximum absolute atomic E-state index is 12.7. The molecule has 0 bridgehead atoms. The number of sulfonamides is 1. The highest BCUT2D eigenvalue weighted by Crippen LogP contribution is 2.17. The van der Waals surface area contributed by atoms with Gasteiger partial charge in [0.25, 0.3) is 0 Å². The standard InChI is InChI=1S/C16H22N4O2S.ClH/c21-23(22,16-6-2-1-3-7-16)20-11-5-9-18(13-15-20)12-14-19-10-4-8-17-19;/h1-4,6-8,10H,5,9,11-15H2;1H. The van der Waals surface area contributed by atoms with Gasteiger partial charge in [0.1, 0.15) is 0 Å². The average Bonchev–Trinajstić information content (AvgIpc) is 2.97. The Morgan fingerprint density at radius 2 is 1.75 bits per heavy atom. The van der Waals surface area contributed by atoms with Gasteiger partial charge in [-0.3, -0.25) is 4.68 Å². The van der Waals surface area contributed by atoms with Gasteiger partial charge in [-0.05, 0) is 31.2 Å². The van der Waals surface area contributed by atoms with Gasteiger partial charge in [-0.15, -0.1) is 12.4 Å². The molecule has 0 spiro atoms. The maximum Gasteiger partial charge on any atom is 0.243 e. The van der Waals surface area contributed by atoms with Crippen LogP contribution in [0.25, 0.3) is 0 Å². The molecule has 3 rings (SSSR count). The third-order valence-corrected chi connectivity index (χ3v) is 6.05. The van der Waals surface area contributed by atoms with Crippen LogP contribution in [0.5, 0.6) is 0 Å². The third-order valence-electron chi connectivity index (χ3n) is 4.13. The summed E-state index contributed by atoms with van der Waals surface area (Å²) in [6.45, 7) is 4.51. The minimum Gasteiger partial charge on any atom is -0.300 e. The van der Waals surface area contributed by atoms with E-state index in [9.17, 15) is 8.42 Å². The number of aromatic nitrogens is 2. The van der Waals surface area contributed by atoms with Crippen LogP contribution in [0.1, 0.15) is 6.42 Å². The van der Waals surface area contributed by atoms with Crippen molar-refractivity contribution >= 4 is 22.4 Å². The van der Waals surface area contributed by atoms with Crippen molar-refractivity contribution in [3.8, 4) is 0 Å². The Hall–Kier alpha value is -1.41. The quantitative estimate of drug-likeness (QED) is 0.803. The van der Waals surface area contributed by atoms with Gasteiger partial charge in [0.2, 0.25) is 10.0 Å². The van der Waals surface area contributed by atoms with Crippen LogP contribution in [0, 0.1) is 0 Å². The minimum absolute atomic E-state index is 0. The number of nitrogens with zero attached hydrogens (tertiary/aromatic N) is 4. The normalized spacial score (nSPS) is 17.2. The molecule has 1 aromatic carbocycles. The van der Waals surface area contributed by atoms with Crippen LogP contribution < -0.4 is 0 Å². The molecule has 1 fully saturated rings. The Kier molecular flexibility index (Phi) is 6.79. The lowest BCUT2D eigenvalue weighted by atomic mass is 10.4. The first kappa shape index (κ1) is 18.9. The summed E-state index contributed by atoms with van der Waals surface area (Å²) in [6.07, 6.45) is 4.58. The van der Waals surface area contributed by atoms with Gasteiger partial charge >= 0.3 is 0 Å². The fourth-order valence-electron chi connectivity index (χ4n) is 2.83. The number of halogens is 1. The van der Waals surface area contributed by atoms with E-state index >= 15 is 0 Å². The molecular formula is C16H23ClN4O2S. The lowest BCUT2D eigenvalue weighted by Crippen LogP contribution is -2.36. The largest absolute Gasteiger partial charge is 0.300 e. The number of hydrogen-bond acceptors (Lipinski definition) is 4. The lowest BCUT2D eigenvalue weighted by molar-refractivity contribution is 0.270. The second-order valence-electron chi connectivity index (χ2n) is 5.68. The summed E-state index contributed by atoms with van der Waals surface area (Å²) in [6, 6.07) is 10.6. The van der Waals surface area contributed by atoms with Crippen molar-refractivity contribution in [1.82, 2.24) is 19.0 Å². The highest BCUT2D eigenvalue weighted by molar-refractivity contribution is 7.89. The molecule has 0 N–H and O–H groups in total. The van der Waals surface area contributed by atoms with Gasteiger partial charge in [0.15, 0.2) is 0 Å². The van der Waals surface area contributed by atoms with Crippen molar-refractivity contribution in [2.24, 2.45) is 0 Å². The molecule has 2 heterocycles. The molecule has 24 heavy (non-hydrogen) atoms. The molecule has 0 amide bonds. The van der Waals surface area contributed by atoms with E-state index in [2.05, 4.69) is 10.00 Å². The van der Waals surface area contributed by atoms with Gasteiger partial charge in [-0.25, -0.2) is 8.42 Å². The molecule has 0 saturated carbocycles. The molecule has 0 atom stereocenters. The van der Waals surface area contributed by atoms with Crippen LogP contribution in [0.3, 0.4) is 0 Å². The van der Waals surface area contributed by atoms with Gasteiger partial charge in [0, 0.05) is 38.6 Å². The van der Waals surface area contributed by atoms with Gasteiger partial charge in [0.05, 0.1) is 11.4 Å². The van der Waals surface area contributed by atoms with E-state index in [1.54, 1.807) is 34.8 Å². The molecule has 2 aromatic rings. The molecule has 1 aliphatic rings. The van der Waals surface area contributed by atoms with Gasteiger partial charge in [-0.2, -0.15) is 9.40 Å². The van der Waals surface area contributed by atoms with E-state index in [0.717, 1.165) is 32.6 Å². The zero-order valence-electron chi connectivity index (χ0n) is 13.5. The molecule has 6 nitrogen and oxygen atoms in total. The highest BCUT2D eigenvalue weighted by atomic mass is 35.5. The fourth-order valence-corrected chi connectivity index (χ4v) is 4.32. The first-order chi connectivity index (χ1) is 11.2. The molecule has 1 aliphatic heterocycles. The Balaban J connectivity index is 0.00000208. The first-order valence-electron chi connectivity index (χ1n) is 7.91. The van der Waals surface area contributed by atoms with E-state index in [4.69, 9.17) is 0 Å². The zero-order chi connectivity index (χ0) is 16.1. The van der Waals surface area contributed by atoms with E-state index in [1.165, 1.54) is 0 Å². The number of hydrogen-bond donors (Lipinski definition) is 0. The average molecular weight is 371 g/mol. The van der Waals surface area contributed by atoms with Crippen LogP contribution in [-0.2, 0) is 16.6 Å². The molecule has 8 heteroatoms. The Morgan fingerprint density at radius 1 is 0.958 bits per heavy atom. The van der Waals surface area contributed by atoms with Crippen LogP contribution in [0.2, 0.25) is 0 Å². The summed E-state index contributed by atoms with van der Waals surface area (Å²) in [4.78, 5) is 2.69. The van der Waals surface area contributed by atoms with Gasteiger partial charge in [-0.1, -0.05) is 18.2 Å². The van der Waals surface area contributed by atoms with Crippen molar-refractivity contribution in [1.29, 1.82) is 0 Å². The summed E-state index contributed by atoms with van der Waals surface area (Å²) in [5, 5.41) is 4.20. The molecular weight excluding hydrogens is 348 g/mol. The second kappa shape index (κ2) is 8.62. The highest BCUT2D eigenvalue weighted by Gasteiger charge is 2.26. The smallest absolute Gasteiger partial charge is 0.243 e. The van der Waals surface area contributed by atoms with E-state index in [0.29, 0.717) is 18.0 Å². The lowest BCUT2D eigenvalue weighted by Gasteiger charge is -2.21. The second-order valence-corrected chi connectivity index (χ2v) is 7.62. The van der Waals surface area contributed by atoms with E-state index in [1.807, 2.05) is 23.0 Å². The van der Waals surface area contributed by atoms with Crippen molar-refractivity contribution in [2.75, 3.05) is 32.7 Å². The first-order valence-corrected chi connectivity index (χ1v) is 9.35. The molecule has 132 valence electrons. The molecule has 0 aliphatic carbocycles. The maximum atomic E-state index is 12.7. The summed E-state index contributed by atoms with van der Waals surface area (Å²) >= 11 is 0. The predicted molar refractivity (Wildman–Crippen MR) is 95.7 cm³/mol. The van der Waals surface area contributed by atoms with E-state index < -0.39 is 10.0 Å². The zero-order valence-corrected chi connectivity index (χ0v) is 15.1. The molecule has 0 unspecified atom stereocenters. The summed E-state index contributed by atoms with van der Waals surface area (Å²) < 4.78 is 28.9. The van der Waals surface area contributed by atoms with Crippen LogP contribution in [0.4, 0.5) is 0 Å². The topological polar surface area (TPSA) is 58.4 Å². The van der Waals surface area contributed by atoms with Gasteiger partial charge < -0.3 is 4.90 Å². The summed E-state index contributed by atoms with van der Waals surface area (Å²) in [5.74, 6) is 0. The Labute approximate surface area is 149 Å². The van der Waals surface area contributed by atoms with Crippen LogP contribution >= 0.6 is 12.4 Å². The van der Waals surface area contributed by atoms with Crippen molar-refractivity contribution in [2.45, 2.75) is 17.9 Å². The third kappa shape index (κ3) is 4.57. The van der Waals surface area contributed by atoms with Crippen molar-refractivity contribution < 1.29 is 8.42 Å². The Morgan fingerprint density at radius 3 is 2.46 bits per heavy atom. The van der Waals surface area contributed by atoms with Crippen LogP contribution in [0.15, 0.2) is 53.7 Å². The fraction of sp³-hybridized carbons (Fsp3) is 0.438. The Bertz CT molecular complexity index is 707. The summed E-state index contributed by atoms with van der Waals surface area (Å²) in [5.41, 5.74) is 0. The molecule has 1 saturated heterocycles. The monoisotopic (exact) mass is 370 g/mol. The minimum atomic E-state index is -3.38. The van der Waals surface area contributed by atoms with Crippen molar-refractivity contribution in [3.05, 3.63) is 48.8 Å². The predicted octanol–water partition coefficient (Wildman–Crippen LogP) is 1.70. The number of benzene rings is 1. The molecule has 0 radical (unpaired) electrons.